The predicted octanol–water partition coefficient (Wildman–Crippen LogP) is 3.24. The lowest BCUT2D eigenvalue weighted by atomic mass is 10.1. The maximum absolute atomic E-state index is 11.6. The van der Waals surface area contributed by atoms with Crippen LogP contribution in [-0.2, 0) is 11.3 Å². The molecule has 0 spiro atoms. The predicted molar refractivity (Wildman–Crippen MR) is 91.5 cm³/mol. The van der Waals surface area contributed by atoms with Gasteiger partial charge in [-0.15, -0.1) is 0 Å². The zero-order chi connectivity index (χ0) is 15.8. The van der Waals surface area contributed by atoms with Gasteiger partial charge in [-0.3, -0.25) is 9.69 Å². The van der Waals surface area contributed by atoms with E-state index in [0.717, 1.165) is 25.9 Å². The number of carbonyl (C=O) groups is 1. The van der Waals surface area contributed by atoms with Gasteiger partial charge < -0.3 is 4.90 Å². The van der Waals surface area contributed by atoms with Crippen LogP contribution in [0.2, 0.25) is 0 Å². The lowest BCUT2D eigenvalue weighted by Gasteiger charge is -2.30. The Kier molecular flexibility index (Phi) is 6.41. The van der Waals surface area contributed by atoms with Gasteiger partial charge in [0.2, 0.25) is 5.91 Å². The first-order valence-corrected chi connectivity index (χ1v) is 7.98. The third-order valence-electron chi connectivity index (χ3n) is 3.92. The molecule has 22 heavy (non-hydrogen) atoms. The summed E-state index contributed by atoms with van der Waals surface area (Å²) in [5.41, 5.74) is 1.35. The highest BCUT2D eigenvalue weighted by atomic mass is 16.2. The summed E-state index contributed by atoms with van der Waals surface area (Å²) in [5, 5.41) is 0. The Hall–Kier alpha value is -1.87. The summed E-state index contributed by atoms with van der Waals surface area (Å²) in [6, 6.07) is 10.9. The van der Waals surface area contributed by atoms with Crippen LogP contribution in [0.4, 0.5) is 0 Å². The molecule has 0 aromatic heterocycles. The minimum absolute atomic E-state index is 0.185. The Balaban J connectivity index is 1.88. The van der Waals surface area contributed by atoms with Crippen molar-refractivity contribution >= 4 is 5.91 Å². The molecule has 0 bridgehead atoms. The first-order valence-electron chi connectivity index (χ1n) is 7.98. The molecule has 0 aliphatic carbocycles. The summed E-state index contributed by atoms with van der Waals surface area (Å²) < 4.78 is 0. The second-order valence-electron chi connectivity index (χ2n) is 5.92. The molecule has 3 nitrogen and oxygen atoms in total. The van der Waals surface area contributed by atoms with Crippen LogP contribution in [0.5, 0.6) is 0 Å². The zero-order valence-corrected chi connectivity index (χ0v) is 13.6. The molecule has 1 heterocycles. The van der Waals surface area contributed by atoms with Gasteiger partial charge in [0.15, 0.2) is 0 Å². The fourth-order valence-electron chi connectivity index (χ4n) is 2.60. The maximum Gasteiger partial charge on any atom is 0.222 e. The highest BCUT2D eigenvalue weighted by molar-refractivity contribution is 5.75. The molecule has 1 aromatic carbocycles. The van der Waals surface area contributed by atoms with Gasteiger partial charge in [-0.05, 0) is 18.4 Å². The van der Waals surface area contributed by atoms with Crippen LogP contribution in [0.3, 0.4) is 0 Å². The van der Waals surface area contributed by atoms with Crippen LogP contribution in [0.25, 0.3) is 0 Å². The Morgan fingerprint density at radius 3 is 2.82 bits per heavy atom. The second-order valence-corrected chi connectivity index (χ2v) is 5.92. The third kappa shape index (κ3) is 5.15. The molecular weight excluding hydrogens is 272 g/mol. The molecular formula is C19H26N2O. The fraction of sp³-hybridized carbons (Fsp3) is 0.421. The van der Waals surface area contributed by atoms with E-state index in [-0.39, 0.29) is 5.91 Å². The lowest BCUT2D eigenvalue weighted by Crippen LogP contribution is -2.35. The molecule has 118 valence electrons. The largest absolute Gasteiger partial charge is 0.349 e. The lowest BCUT2D eigenvalue weighted by molar-refractivity contribution is -0.128. The van der Waals surface area contributed by atoms with Gasteiger partial charge in [-0.1, -0.05) is 54.6 Å². The Morgan fingerprint density at radius 1 is 1.32 bits per heavy atom. The van der Waals surface area contributed by atoms with Gasteiger partial charge in [0.1, 0.15) is 0 Å². The zero-order valence-electron chi connectivity index (χ0n) is 13.6. The molecule has 0 saturated heterocycles. The van der Waals surface area contributed by atoms with E-state index in [4.69, 9.17) is 0 Å². The van der Waals surface area contributed by atoms with E-state index in [9.17, 15) is 4.79 Å². The number of hydrogen-bond donors (Lipinski definition) is 0. The molecule has 1 atom stereocenters. The molecule has 2 rings (SSSR count). The van der Waals surface area contributed by atoms with E-state index in [1.54, 1.807) is 19.0 Å². The molecule has 3 heteroatoms. The van der Waals surface area contributed by atoms with Gasteiger partial charge in [0.25, 0.3) is 0 Å². The molecule has 1 aliphatic heterocycles. The molecule has 1 amide bonds. The first kappa shape index (κ1) is 16.5. The van der Waals surface area contributed by atoms with E-state index in [1.807, 2.05) is 0 Å². The number of rotatable bonds is 6. The van der Waals surface area contributed by atoms with Crippen molar-refractivity contribution < 1.29 is 4.79 Å². The average Bonchev–Trinajstić information content (AvgIpc) is 2.53. The van der Waals surface area contributed by atoms with Gasteiger partial charge >= 0.3 is 0 Å². The van der Waals surface area contributed by atoms with Crippen molar-refractivity contribution in [3.63, 3.8) is 0 Å². The molecule has 0 fully saturated rings. The van der Waals surface area contributed by atoms with Gasteiger partial charge in [0.05, 0.1) is 0 Å². The summed E-state index contributed by atoms with van der Waals surface area (Å²) in [6.45, 7) is 2.05. The quantitative estimate of drug-likeness (QED) is 0.753. The molecule has 1 aromatic rings. The van der Waals surface area contributed by atoms with E-state index in [0.29, 0.717) is 12.5 Å². The minimum Gasteiger partial charge on any atom is -0.349 e. The van der Waals surface area contributed by atoms with Crippen LogP contribution in [0, 0.1) is 0 Å². The Bertz CT molecular complexity index is 519. The molecule has 1 aliphatic rings. The smallest absolute Gasteiger partial charge is 0.222 e. The van der Waals surface area contributed by atoms with Crippen LogP contribution in [0.1, 0.15) is 24.8 Å². The van der Waals surface area contributed by atoms with Crippen molar-refractivity contribution in [1.82, 2.24) is 9.80 Å². The minimum atomic E-state index is 0.185. The average molecular weight is 298 g/mol. The standard InChI is InChI=1S/C19H26N2O/c1-20(2)19(22)14-7-6-12-18-13-8-9-15-21(18)16-17-10-4-3-5-11-17/h3-6,8,10-13,18H,7,9,14-16H2,1-2H3/b12-6+. The molecule has 0 N–H and O–H groups in total. The monoisotopic (exact) mass is 298 g/mol. The highest BCUT2D eigenvalue weighted by Gasteiger charge is 2.16. The van der Waals surface area contributed by atoms with Crippen molar-refractivity contribution in [2.75, 3.05) is 20.6 Å². The summed E-state index contributed by atoms with van der Waals surface area (Å²) >= 11 is 0. The van der Waals surface area contributed by atoms with Gasteiger partial charge in [-0.2, -0.15) is 0 Å². The molecule has 1 unspecified atom stereocenters. The van der Waals surface area contributed by atoms with Crippen LogP contribution in [-0.4, -0.2) is 42.4 Å². The van der Waals surface area contributed by atoms with E-state index < -0.39 is 0 Å². The third-order valence-corrected chi connectivity index (χ3v) is 3.92. The van der Waals surface area contributed by atoms with Crippen molar-refractivity contribution in [1.29, 1.82) is 0 Å². The SMILES string of the molecule is CN(C)C(=O)CC/C=C/C1C=CCCN1Cc1ccccc1. The van der Waals surface area contributed by atoms with E-state index in [1.165, 1.54) is 5.56 Å². The number of allylic oxidation sites excluding steroid dienone is 1. The number of hydrogen-bond acceptors (Lipinski definition) is 2. The van der Waals surface area contributed by atoms with Crippen molar-refractivity contribution in [3.8, 4) is 0 Å². The first-order chi connectivity index (χ1) is 10.7. The summed E-state index contributed by atoms with van der Waals surface area (Å²) in [5.74, 6) is 0.185. The number of nitrogens with zero attached hydrogens (tertiary/aromatic N) is 2. The van der Waals surface area contributed by atoms with E-state index in [2.05, 4.69) is 59.5 Å². The highest BCUT2D eigenvalue weighted by Crippen LogP contribution is 2.16. The van der Waals surface area contributed by atoms with Crippen molar-refractivity contribution in [2.45, 2.75) is 31.8 Å². The second kappa shape index (κ2) is 8.54. The number of carbonyl (C=O) groups excluding carboxylic acids is 1. The van der Waals surface area contributed by atoms with Crippen LogP contribution >= 0.6 is 0 Å². The topological polar surface area (TPSA) is 23.6 Å². The van der Waals surface area contributed by atoms with E-state index >= 15 is 0 Å². The summed E-state index contributed by atoms with van der Waals surface area (Å²) in [7, 11) is 3.61. The van der Waals surface area contributed by atoms with Crippen molar-refractivity contribution in [2.24, 2.45) is 0 Å². The van der Waals surface area contributed by atoms with Crippen LogP contribution < -0.4 is 0 Å². The molecule has 0 radical (unpaired) electrons. The number of amides is 1. The summed E-state index contributed by atoms with van der Waals surface area (Å²) in [4.78, 5) is 15.7. The van der Waals surface area contributed by atoms with Crippen LogP contribution in [0.15, 0.2) is 54.6 Å². The normalized spacial score (nSPS) is 18.7. The Morgan fingerprint density at radius 2 is 2.09 bits per heavy atom. The van der Waals surface area contributed by atoms with Gasteiger partial charge in [0, 0.05) is 39.6 Å². The number of benzene rings is 1. The molecule has 0 saturated carbocycles. The Labute approximate surface area is 133 Å². The maximum atomic E-state index is 11.6. The summed E-state index contributed by atoms with van der Waals surface area (Å²) in [6.07, 6.45) is 11.4. The van der Waals surface area contributed by atoms with Crippen molar-refractivity contribution in [3.05, 3.63) is 60.2 Å². The van der Waals surface area contributed by atoms with Gasteiger partial charge in [-0.25, -0.2) is 0 Å². The fourth-order valence-corrected chi connectivity index (χ4v) is 2.60.